The van der Waals surface area contributed by atoms with Crippen LogP contribution in [0.3, 0.4) is 0 Å². The highest BCUT2D eigenvalue weighted by Crippen LogP contribution is 2.47. The average Bonchev–Trinajstić information content (AvgIpc) is 3.12. The number of hydrogen-bond acceptors (Lipinski definition) is 3. The van der Waals surface area contributed by atoms with E-state index in [2.05, 4.69) is 9.97 Å². The van der Waals surface area contributed by atoms with Gasteiger partial charge >= 0.3 is 11.8 Å². The molecule has 1 aliphatic heterocycles. The number of aromatic nitrogens is 2. The molecule has 0 bridgehead atoms. The van der Waals surface area contributed by atoms with Gasteiger partial charge < -0.3 is 15.0 Å². The predicted molar refractivity (Wildman–Crippen MR) is 88.3 cm³/mol. The lowest BCUT2D eigenvalue weighted by Crippen LogP contribution is -2.34. The van der Waals surface area contributed by atoms with Crippen molar-refractivity contribution in [3.8, 4) is 0 Å². The van der Waals surface area contributed by atoms with E-state index >= 15 is 0 Å². The quantitative estimate of drug-likeness (QED) is 0.767. The van der Waals surface area contributed by atoms with Crippen LogP contribution in [0.15, 0.2) is 42.6 Å². The molecule has 3 aromatic rings. The summed E-state index contributed by atoms with van der Waals surface area (Å²) in [6, 6.07) is 9.82. The Hall–Kier alpha value is -2.80. The van der Waals surface area contributed by atoms with E-state index in [9.17, 15) is 18.7 Å². The highest BCUT2D eigenvalue weighted by atomic mass is 19.3. The Morgan fingerprint density at radius 3 is 2.84 bits per heavy atom. The monoisotopic (exact) mass is 343 g/mol. The van der Waals surface area contributed by atoms with Crippen LogP contribution in [0, 0.1) is 0 Å². The van der Waals surface area contributed by atoms with Crippen molar-refractivity contribution < 1.29 is 18.7 Å². The number of halogens is 2. The lowest BCUT2D eigenvalue weighted by Gasteiger charge is -2.17. The SMILES string of the molecule is C[C@H](O)c1cccc2c1C(F)(F)C(=O)N2Cc1ccc2cc[nH]c2n1. The molecule has 1 aliphatic rings. The zero-order chi connectivity index (χ0) is 17.8. The molecular weight excluding hydrogens is 328 g/mol. The van der Waals surface area contributed by atoms with Gasteiger partial charge in [0.1, 0.15) is 5.65 Å². The van der Waals surface area contributed by atoms with Crippen molar-refractivity contribution in [2.75, 3.05) is 4.90 Å². The molecule has 0 aliphatic carbocycles. The van der Waals surface area contributed by atoms with Gasteiger partial charge in [-0.3, -0.25) is 4.79 Å². The number of anilines is 1. The van der Waals surface area contributed by atoms with E-state index in [1.807, 2.05) is 12.1 Å². The fraction of sp³-hybridized carbons (Fsp3) is 0.222. The maximum atomic E-state index is 14.6. The van der Waals surface area contributed by atoms with Crippen LogP contribution < -0.4 is 4.90 Å². The number of rotatable bonds is 3. The van der Waals surface area contributed by atoms with E-state index in [4.69, 9.17) is 0 Å². The van der Waals surface area contributed by atoms with Crippen molar-refractivity contribution in [2.45, 2.75) is 25.5 Å². The first kappa shape index (κ1) is 15.7. The summed E-state index contributed by atoms with van der Waals surface area (Å²) in [7, 11) is 0. The first-order valence-electron chi connectivity index (χ1n) is 7.84. The second-order valence-electron chi connectivity index (χ2n) is 6.10. The Labute approximate surface area is 141 Å². The minimum atomic E-state index is -3.67. The lowest BCUT2D eigenvalue weighted by molar-refractivity contribution is -0.141. The molecule has 1 aromatic carbocycles. The molecule has 4 rings (SSSR count). The van der Waals surface area contributed by atoms with Gasteiger partial charge in [0, 0.05) is 11.6 Å². The largest absolute Gasteiger partial charge is 0.389 e. The second-order valence-corrected chi connectivity index (χ2v) is 6.10. The van der Waals surface area contributed by atoms with E-state index < -0.39 is 23.5 Å². The lowest BCUT2D eigenvalue weighted by atomic mass is 9.98. The van der Waals surface area contributed by atoms with Crippen LogP contribution in [0.5, 0.6) is 0 Å². The smallest absolute Gasteiger partial charge is 0.352 e. The zero-order valence-electron chi connectivity index (χ0n) is 13.3. The van der Waals surface area contributed by atoms with Gasteiger partial charge in [-0.1, -0.05) is 12.1 Å². The molecule has 5 nitrogen and oxygen atoms in total. The third-order valence-electron chi connectivity index (χ3n) is 4.43. The number of nitrogens with zero attached hydrogens (tertiary/aromatic N) is 2. The highest BCUT2D eigenvalue weighted by Gasteiger charge is 2.54. The van der Waals surface area contributed by atoms with Crippen molar-refractivity contribution in [2.24, 2.45) is 0 Å². The minimum absolute atomic E-state index is 0.0612. The standard InChI is InChI=1S/C18H15F2N3O2/c1-10(24)13-3-2-4-14-15(13)18(19,20)17(25)23(14)9-12-6-5-11-7-8-21-16(11)22-12/h2-8,10,24H,9H2,1H3,(H,21,22)/t10-/m0/s1. The molecule has 0 fully saturated rings. The van der Waals surface area contributed by atoms with Gasteiger partial charge in [-0.05, 0) is 36.8 Å². The summed E-state index contributed by atoms with van der Waals surface area (Å²) in [5.74, 6) is -4.97. The maximum Gasteiger partial charge on any atom is 0.352 e. The molecule has 7 heteroatoms. The summed E-state index contributed by atoms with van der Waals surface area (Å²) in [4.78, 5) is 20.7. The number of aliphatic hydroxyl groups excluding tert-OH is 1. The number of aliphatic hydroxyl groups is 1. The highest BCUT2D eigenvalue weighted by molar-refractivity contribution is 6.06. The van der Waals surface area contributed by atoms with Crippen LogP contribution in [0.4, 0.5) is 14.5 Å². The van der Waals surface area contributed by atoms with Gasteiger partial charge in [0.25, 0.3) is 0 Å². The van der Waals surface area contributed by atoms with Gasteiger partial charge in [-0.25, -0.2) is 4.98 Å². The van der Waals surface area contributed by atoms with E-state index in [-0.39, 0.29) is 17.8 Å². The van der Waals surface area contributed by atoms with Gasteiger partial charge in [-0.2, -0.15) is 8.78 Å². The first-order chi connectivity index (χ1) is 11.9. The van der Waals surface area contributed by atoms with Crippen molar-refractivity contribution in [3.63, 3.8) is 0 Å². The van der Waals surface area contributed by atoms with Crippen LogP contribution in [0.25, 0.3) is 11.0 Å². The summed E-state index contributed by atoms with van der Waals surface area (Å²) in [6.45, 7) is 1.33. The molecule has 0 unspecified atom stereocenters. The van der Waals surface area contributed by atoms with Crippen molar-refractivity contribution in [1.82, 2.24) is 9.97 Å². The molecule has 0 saturated carbocycles. The molecule has 128 valence electrons. The Balaban J connectivity index is 1.79. The number of pyridine rings is 1. The van der Waals surface area contributed by atoms with E-state index in [1.54, 1.807) is 18.3 Å². The second kappa shape index (κ2) is 5.35. The van der Waals surface area contributed by atoms with Gasteiger partial charge in [-0.15, -0.1) is 0 Å². The summed E-state index contributed by atoms with van der Waals surface area (Å²) in [5.41, 5.74) is 0.882. The first-order valence-corrected chi connectivity index (χ1v) is 7.84. The van der Waals surface area contributed by atoms with E-state index in [1.165, 1.54) is 19.1 Å². The fourth-order valence-electron chi connectivity index (χ4n) is 3.24. The maximum absolute atomic E-state index is 14.6. The number of benzene rings is 1. The fourth-order valence-corrected chi connectivity index (χ4v) is 3.24. The van der Waals surface area contributed by atoms with Crippen molar-refractivity contribution in [3.05, 3.63) is 59.4 Å². The van der Waals surface area contributed by atoms with E-state index in [0.29, 0.717) is 11.3 Å². The molecule has 2 aromatic heterocycles. The number of nitrogens with one attached hydrogen (secondary N) is 1. The Bertz CT molecular complexity index is 981. The third kappa shape index (κ3) is 2.31. The zero-order valence-corrected chi connectivity index (χ0v) is 13.3. The van der Waals surface area contributed by atoms with Crippen molar-refractivity contribution >= 4 is 22.6 Å². The number of H-pyrrole nitrogens is 1. The molecule has 0 spiro atoms. The van der Waals surface area contributed by atoms with E-state index in [0.717, 1.165) is 10.3 Å². The van der Waals surface area contributed by atoms with Crippen LogP contribution in [-0.4, -0.2) is 21.0 Å². The average molecular weight is 343 g/mol. The Kier molecular flexibility index (Phi) is 3.36. The van der Waals surface area contributed by atoms with Crippen LogP contribution in [0.1, 0.15) is 29.8 Å². The molecule has 2 N–H and O–H groups in total. The van der Waals surface area contributed by atoms with Crippen LogP contribution in [0.2, 0.25) is 0 Å². The summed E-state index contributed by atoms with van der Waals surface area (Å²) < 4.78 is 29.2. The number of hydrogen-bond donors (Lipinski definition) is 2. The number of fused-ring (bicyclic) bond motifs is 2. The Morgan fingerprint density at radius 2 is 2.08 bits per heavy atom. The summed E-state index contributed by atoms with van der Waals surface area (Å²) in [5, 5.41) is 10.7. The minimum Gasteiger partial charge on any atom is -0.389 e. The van der Waals surface area contributed by atoms with Crippen LogP contribution in [-0.2, 0) is 17.3 Å². The number of alkyl halides is 2. The molecule has 0 radical (unpaired) electrons. The normalized spacial score (nSPS) is 17.1. The number of amides is 1. The number of carbonyl (C=O) groups excluding carboxylic acids is 1. The molecule has 1 atom stereocenters. The molecule has 3 heterocycles. The number of aromatic amines is 1. The van der Waals surface area contributed by atoms with Crippen molar-refractivity contribution in [1.29, 1.82) is 0 Å². The topological polar surface area (TPSA) is 69.2 Å². The van der Waals surface area contributed by atoms with Gasteiger partial charge in [0.05, 0.1) is 29.6 Å². The summed E-state index contributed by atoms with van der Waals surface area (Å²) >= 11 is 0. The summed E-state index contributed by atoms with van der Waals surface area (Å²) in [6.07, 6.45) is 0.642. The Morgan fingerprint density at radius 1 is 1.28 bits per heavy atom. The predicted octanol–water partition coefficient (Wildman–Crippen LogP) is 3.25. The van der Waals surface area contributed by atoms with Crippen LogP contribution >= 0.6 is 0 Å². The molecule has 25 heavy (non-hydrogen) atoms. The third-order valence-corrected chi connectivity index (χ3v) is 4.43. The molecular formula is C18H15F2N3O2. The molecule has 0 saturated heterocycles. The van der Waals surface area contributed by atoms with Gasteiger partial charge in [0.2, 0.25) is 0 Å². The van der Waals surface area contributed by atoms with Gasteiger partial charge in [0.15, 0.2) is 0 Å². The number of carbonyl (C=O) groups is 1. The molecule has 1 amide bonds.